The third-order valence-electron chi connectivity index (χ3n) is 2.53. The van der Waals surface area contributed by atoms with Gasteiger partial charge in [-0.1, -0.05) is 0 Å². The van der Waals surface area contributed by atoms with E-state index >= 15 is 0 Å². The van der Waals surface area contributed by atoms with Crippen molar-refractivity contribution in [2.75, 3.05) is 13.2 Å². The summed E-state index contributed by atoms with van der Waals surface area (Å²) in [5.41, 5.74) is 1.24. The first-order chi connectivity index (χ1) is 6.36. The number of thiophene rings is 1. The molecule has 0 bridgehead atoms. The van der Waals surface area contributed by atoms with Crippen LogP contribution in [0.5, 0.6) is 0 Å². The first kappa shape index (κ1) is 9.19. The van der Waals surface area contributed by atoms with Gasteiger partial charge in [0.15, 0.2) is 0 Å². The Kier molecular flexibility index (Phi) is 2.98. The highest BCUT2D eigenvalue weighted by Crippen LogP contribution is 2.20. The summed E-state index contributed by atoms with van der Waals surface area (Å²) in [6, 6.07) is 2.07. The number of aliphatic hydroxyl groups is 1. The molecule has 72 valence electrons. The number of rotatable bonds is 3. The van der Waals surface area contributed by atoms with E-state index < -0.39 is 0 Å². The molecule has 1 fully saturated rings. The van der Waals surface area contributed by atoms with Crippen LogP contribution in [0.2, 0.25) is 0 Å². The Morgan fingerprint density at radius 1 is 1.69 bits per heavy atom. The maximum Gasteiger partial charge on any atom is 0.0631 e. The van der Waals surface area contributed by atoms with E-state index in [1.54, 1.807) is 11.3 Å². The zero-order valence-corrected chi connectivity index (χ0v) is 8.30. The number of hydrogen-bond donors (Lipinski definition) is 1. The maximum absolute atomic E-state index is 9.85. The molecular formula is C10H14O2S. The minimum atomic E-state index is -0.225. The fourth-order valence-corrected chi connectivity index (χ4v) is 2.35. The first-order valence-corrected chi connectivity index (χ1v) is 5.57. The average Bonchev–Trinajstić information content (AvgIpc) is 2.74. The van der Waals surface area contributed by atoms with Crippen molar-refractivity contribution in [1.29, 1.82) is 0 Å². The van der Waals surface area contributed by atoms with Gasteiger partial charge in [-0.25, -0.2) is 0 Å². The third-order valence-corrected chi connectivity index (χ3v) is 3.27. The smallest absolute Gasteiger partial charge is 0.0631 e. The Bertz CT molecular complexity index is 239. The second kappa shape index (κ2) is 4.22. The van der Waals surface area contributed by atoms with Gasteiger partial charge < -0.3 is 9.84 Å². The average molecular weight is 198 g/mol. The van der Waals surface area contributed by atoms with Crippen LogP contribution in [0.4, 0.5) is 0 Å². The second-order valence-electron chi connectivity index (χ2n) is 3.53. The lowest BCUT2D eigenvalue weighted by atomic mass is 9.97. The molecule has 1 N–H and O–H groups in total. The van der Waals surface area contributed by atoms with Gasteiger partial charge in [0.25, 0.3) is 0 Å². The van der Waals surface area contributed by atoms with Crippen LogP contribution in [-0.4, -0.2) is 24.4 Å². The van der Waals surface area contributed by atoms with Gasteiger partial charge in [-0.05, 0) is 35.2 Å². The highest BCUT2D eigenvalue weighted by molar-refractivity contribution is 7.07. The molecule has 0 aromatic carbocycles. The minimum Gasteiger partial charge on any atom is -0.392 e. The van der Waals surface area contributed by atoms with Crippen LogP contribution >= 0.6 is 11.3 Å². The normalized spacial score (nSPS) is 24.8. The molecule has 1 aromatic heterocycles. The summed E-state index contributed by atoms with van der Waals surface area (Å²) >= 11 is 1.68. The quantitative estimate of drug-likeness (QED) is 0.801. The fraction of sp³-hybridized carbons (Fsp3) is 0.600. The topological polar surface area (TPSA) is 29.5 Å². The summed E-state index contributed by atoms with van der Waals surface area (Å²) in [4.78, 5) is 0. The van der Waals surface area contributed by atoms with E-state index in [-0.39, 0.29) is 6.10 Å². The molecule has 13 heavy (non-hydrogen) atoms. The molecule has 1 aromatic rings. The number of aliphatic hydroxyl groups excluding tert-OH is 1. The fourth-order valence-electron chi connectivity index (χ4n) is 1.67. The van der Waals surface area contributed by atoms with Crippen molar-refractivity contribution in [2.24, 2.45) is 5.92 Å². The van der Waals surface area contributed by atoms with Crippen LogP contribution < -0.4 is 0 Å². The molecule has 0 radical (unpaired) electrons. The first-order valence-electron chi connectivity index (χ1n) is 4.63. The van der Waals surface area contributed by atoms with E-state index in [0.717, 1.165) is 26.1 Å². The summed E-state index contributed by atoms with van der Waals surface area (Å²) in [6.45, 7) is 1.54. The largest absolute Gasteiger partial charge is 0.392 e. The lowest BCUT2D eigenvalue weighted by Gasteiger charge is -2.15. The Balaban J connectivity index is 1.87. The Morgan fingerprint density at radius 3 is 3.23 bits per heavy atom. The van der Waals surface area contributed by atoms with Crippen LogP contribution in [-0.2, 0) is 11.2 Å². The summed E-state index contributed by atoms with van der Waals surface area (Å²) in [6.07, 6.45) is 1.56. The van der Waals surface area contributed by atoms with Gasteiger partial charge in [-0.15, -0.1) is 0 Å². The standard InChI is InChI=1S/C10H14O2S/c11-10(9-1-3-12-6-9)5-8-2-4-13-7-8/h2,4,7,9-11H,1,3,5-6H2. The lowest BCUT2D eigenvalue weighted by Crippen LogP contribution is -2.22. The van der Waals surface area contributed by atoms with Gasteiger partial charge >= 0.3 is 0 Å². The van der Waals surface area contributed by atoms with Gasteiger partial charge in [-0.2, -0.15) is 11.3 Å². The molecule has 2 rings (SSSR count). The molecule has 2 heterocycles. The van der Waals surface area contributed by atoms with Crippen molar-refractivity contribution in [3.05, 3.63) is 22.4 Å². The molecule has 1 aliphatic heterocycles. The van der Waals surface area contributed by atoms with Crippen LogP contribution in [0, 0.1) is 5.92 Å². The van der Waals surface area contributed by atoms with Gasteiger partial charge in [0.1, 0.15) is 0 Å². The molecule has 3 heteroatoms. The summed E-state index contributed by atoms with van der Waals surface area (Å²) in [5.74, 6) is 0.347. The Morgan fingerprint density at radius 2 is 2.62 bits per heavy atom. The van der Waals surface area contributed by atoms with Crippen molar-refractivity contribution in [2.45, 2.75) is 18.9 Å². The third kappa shape index (κ3) is 2.30. The lowest BCUT2D eigenvalue weighted by molar-refractivity contribution is 0.0919. The molecule has 2 atom stereocenters. The second-order valence-corrected chi connectivity index (χ2v) is 4.31. The predicted octanol–water partition coefficient (Wildman–Crippen LogP) is 1.69. The van der Waals surface area contributed by atoms with E-state index in [0.29, 0.717) is 5.92 Å². The van der Waals surface area contributed by atoms with E-state index in [1.807, 2.05) is 5.38 Å². The molecule has 0 amide bonds. The van der Waals surface area contributed by atoms with Gasteiger partial charge in [0.05, 0.1) is 12.7 Å². The highest BCUT2D eigenvalue weighted by atomic mass is 32.1. The van der Waals surface area contributed by atoms with Gasteiger partial charge in [0, 0.05) is 12.5 Å². The van der Waals surface area contributed by atoms with Crippen LogP contribution in [0.15, 0.2) is 16.8 Å². The molecule has 0 saturated carbocycles. The van der Waals surface area contributed by atoms with Crippen molar-refractivity contribution in [3.8, 4) is 0 Å². The summed E-state index contributed by atoms with van der Waals surface area (Å²) in [7, 11) is 0. The van der Waals surface area contributed by atoms with Crippen LogP contribution in [0.3, 0.4) is 0 Å². The van der Waals surface area contributed by atoms with Gasteiger partial charge in [0.2, 0.25) is 0 Å². The summed E-state index contributed by atoms with van der Waals surface area (Å²) in [5, 5.41) is 14.0. The zero-order valence-electron chi connectivity index (χ0n) is 7.48. The molecule has 0 spiro atoms. The van der Waals surface area contributed by atoms with E-state index in [2.05, 4.69) is 11.4 Å². The number of ether oxygens (including phenoxy) is 1. The van der Waals surface area contributed by atoms with Crippen LogP contribution in [0.1, 0.15) is 12.0 Å². The molecule has 2 nitrogen and oxygen atoms in total. The molecule has 2 unspecified atom stereocenters. The van der Waals surface area contributed by atoms with Gasteiger partial charge in [-0.3, -0.25) is 0 Å². The van der Waals surface area contributed by atoms with E-state index in [4.69, 9.17) is 4.74 Å². The zero-order chi connectivity index (χ0) is 9.10. The maximum atomic E-state index is 9.85. The molecular weight excluding hydrogens is 184 g/mol. The Hall–Kier alpha value is -0.380. The van der Waals surface area contributed by atoms with Crippen molar-refractivity contribution < 1.29 is 9.84 Å². The van der Waals surface area contributed by atoms with Crippen molar-refractivity contribution in [3.63, 3.8) is 0 Å². The van der Waals surface area contributed by atoms with E-state index in [9.17, 15) is 5.11 Å². The Labute approximate surface area is 82.2 Å². The van der Waals surface area contributed by atoms with Crippen molar-refractivity contribution in [1.82, 2.24) is 0 Å². The monoisotopic (exact) mass is 198 g/mol. The summed E-state index contributed by atoms with van der Waals surface area (Å²) < 4.78 is 5.24. The predicted molar refractivity (Wildman–Crippen MR) is 53.0 cm³/mol. The molecule has 0 aliphatic carbocycles. The van der Waals surface area contributed by atoms with Crippen LogP contribution in [0.25, 0.3) is 0 Å². The molecule has 1 aliphatic rings. The van der Waals surface area contributed by atoms with E-state index in [1.165, 1.54) is 5.56 Å². The minimum absolute atomic E-state index is 0.225. The SMILES string of the molecule is OC(Cc1ccsc1)C1CCOC1. The highest BCUT2D eigenvalue weighted by Gasteiger charge is 2.23. The number of hydrogen-bond acceptors (Lipinski definition) is 3. The van der Waals surface area contributed by atoms with Crippen molar-refractivity contribution >= 4 is 11.3 Å². The molecule has 1 saturated heterocycles.